The van der Waals surface area contributed by atoms with E-state index in [9.17, 15) is 4.79 Å². The van der Waals surface area contributed by atoms with Gasteiger partial charge in [-0.2, -0.15) is 10.1 Å². The Bertz CT molecular complexity index is 1220. The second-order valence-electron chi connectivity index (χ2n) is 6.17. The molecule has 3 heterocycles. The van der Waals surface area contributed by atoms with Gasteiger partial charge in [0.2, 0.25) is 0 Å². The molecule has 0 aliphatic rings. The van der Waals surface area contributed by atoms with Crippen LogP contribution >= 0.6 is 27.5 Å². The van der Waals surface area contributed by atoms with Crippen LogP contribution in [0.25, 0.3) is 17.3 Å². The maximum atomic E-state index is 13.1. The van der Waals surface area contributed by atoms with Crippen LogP contribution in [0.3, 0.4) is 0 Å². The van der Waals surface area contributed by atoms with Crippen molar-refractivity contribution in [3.63, 3.8) is 0 Å². The first-order chi connectivity index (χ1) is 13.9. The van der Waals surface area contributed by atoms with Crippen LogP contribution in [0.4, 0.5) is 5.69 Å². The molecule has 0 atom stereocenters. The van der Waals surface area contributed by atoms with E-state index < -0.39 is 5.91 Å². The Morgan fingerprint density at radius 3 is 2.79 bits per heavy atom. The molecule has 1 aromatic carbocycles. The van der Waals surface area contributed by atoms with Crippen molar-refractivity contribution in [2.75, 3.05) is 5.32 Å². The number of aryl methyl sites for hydroxylation is 2. The first-order valence-electron chi connectivity index (χ1n) is 8.52. The van der Waals surface area contributed by atoms with Crippen molar-refractivity contribution < 1.29 is 9.32 Å². The Kier molecular flexibility index (Phi) is 5.16. The molecule has 10 heteroatoms. The molecular weight excluding hydrogens is 460 g/mol. The van der Waals surface area contributed by atoms with Gasteiger partial charge in [0.05, 0.1) is 16.3 Å². The van der Waals surface area contributed by atoms with E-state index in [0.29, 0.717) is 38.4 Å². The summed E-state index contributed by atoms with van der Waals surface area (Å²) in [6, 6.07) is 10.5. The molecule has 0 unspecified atom stereocenters. The van der Waals surface area contributed by atoms with Crippen molar-refractivity contribution >= 4 is 39.1 Å². The van der Waals surface area contributed by atoms with E-state index in [1.807, 2.05) is 19.1 Å². The summed E-state index contributed by atoms with van der Waals surface area (Å²) in [6.07, 6.45) is 1.58. The molecule has 0 radical (unpaired) electrons. The smallest absolute Gasteiger partial charge is 0.274 e. The minimum Gasteiger partial charge on any atom is -0.334 e. The summed E-state index contributed by atoms with van der Waals surface area (Å²) in [5.74, 6) is 0.786. The molecule has 4 aromatic rings. The van der Waals surface area contributed by atoms with Crippen LogP contribution in [0.1, 0.15) is 21.9 Å². The van der Waals surface area contributed by atoms with Gasteiger partial charge < -0.3 is 9.84 Å². The number of pyridine rings is 1. The normalized spacial score (nSPS) is 10.9. The van der Waals surface area contributed by atoms with E-state index in [1.165, 1.54) is 4.68 Å². The van der Waals surface area contributed by atoms with Crippen molar-refractivity contribution in [3.8, 4) is 17.3 Å². The number of anilines is 1. The van der Waals surface area contributed by atoms with Crippen LogP contribution in [0, 0.1) is 13.8 Å². The highest BCUT2D eigenvalue weighted by Gasteiger charge is 2.21. The average Bonchev–Trinajstić information content (AvgIpc) is 3.29. The van der Waals surface area contributed by atoms with E-state index in [-0.39, 0.29) is 5.69 Å². The SMILES string of the molecule is Cc1noc(-c2cccc(C)c2NC(=O)c2cc(Br)nn2-c2ncccc2Cl)n1. The van der Waals surface area contributed by atoms with Gasteiger partial charge in [0, 0.05) is 12.3 Å². The van der Waals surface area contributed by atoms with E-state index in [1.54, 1.807) is 37.4 Å². The van der Waals surface area contributed by atoms with E-state index in [4.69, 9.17) is 16.1 Å². The second-order valence-corrected chi connectivity index (χ2v) is 7.39. The molecule has 0 saturated heterocycles. The Labute approximate surface area is 179 Å². The maximum Gasteiger partial charge on any atom is 0.274 e. The summed E-state index contributed by atoms with van der Waals surface area (Å²) in [5.41, 5.74) is 2.29. The molecule has 0 saturated carbocycles. The summed E-state index contributed by atoms with van der Waals surface area (Å²) in [4.78, 5) is 21.6. The summed E-state index contributed by atoms with van der Waals surface area (Å²) < 4.78 is 7.14. The lowest BCUT2D eigenvalue weighted by molar-refractivity contribution is 0.101. The number of carbonyl (C=O) groups is 1. The fourth-order valence-corrected chi connectivity index (χ4v) is 3.38. The van der Waals surface area contributed by atoms with Crippen molar-refractivity contribution in [3.05, 3.63) is 69.3 Å². The van der Waals surface area contributed by atoms with Gasteiger partial charge in [-0.05, 0) is 53.5 Å². The molecule has 146 valence electrons. The van der Waals surface area contributed by atoms with Gasteiger partial charge in [-0.25, -0.2) is 9.67 Å². The zero-order valence-corrected chi connectivity index (χ0v) is 17.7. The first kappa shape index (κ1) is 19.3. The molecule has 0 fully saturated rings. The van der Waals surface area contributed by atoms with E-state index in [0.717, 1.165) is 5.56 Å². The van der Waals surface area contributed by atoms with Gasteiger partial charge in [0.25, 0.3) is 11.8 Å². The topological polar surface area (TPSA) is 98.7 Å². The van der Waals surface area contributed by atoms with Crippen molar-refractivity contribution in [2.45, 2.75) is 13.8 Å². The highest BCUT2D eigenvalue weighted by molar-refractivity contribution is 9.10. The Morgan fingerprint density at radius 1 is 1.24 bits per heavy atom. The zero-order valence-electron chi connectivity index (χ0n) is 15.3. The van der Waals surface area contributed by atoms with Crippen molar-refractivity contribution in [1.82, 2.24) is 24.9 Å². The van der Waals surface area contributed by atoms with Gasteiger partial charge in [-0.3, -0.25) is 4.79 Å². The van der Waals surface area contributed by atoms with Gasteiger partial charge in [-0.1, -0.05) is 28.9 Å². The summed E-state index contributed by atoms with van der Waals surface area (Å²) >= 11 is 9.55. The largest absolute Gasteiger partial charge is 0.334 e. The minimum absolute atomic E-state index is 0.258. The average molecular weight is 474 g/mol. The van der Waals surface area contributed by atoms with Crippen LogP contribution < -0.4 is 5.32 Å². The number of carbonyl (C=O) groups excluding carboxylic acids is 1. The van der Waals surface area contributed by atoms with Crippen LogP contribution in [-0.2, 0) is 0 Å². The Morgan fingerprint density at radius 2 is 2.07 bits per heavy atom. The number of amides is 1. The van der Waals surface area contributed by atoms with Crippen molar-refractivity contribution in [1.29, 1.82) is 0 Å². The lowest BCUT2D eigenvalue weighted by Crippen LogP contribution is -2.18. The lowest BCUT2D eigenvalue weighted by atomic mass is 10.1. The van der Waals surface area contributed by atoms with Crippen LogP contribution in [0.15, 0.2) is 51.7 Å². The van der Waals surface area contributed by atoms with E-state index in [2.05, 4.69) is 41.5 Å². The van der Waals surface area contributed by atoms with Gasteiger partial charge in [-0.15, -0.1) is 0 Å². The van der Waals surface area contributed by atoms with Gasteiger partial charge >= 0.3 is 0 Å². The maximum absolute atomic E-state index is 13.1. The highest BCUT2D eigenvalue weighted by atomic mass is 79.9. The first-order valence-corrected chi connectivity index (χ1v) is 9.69. The lowest BCUT2D eigenvalue weighted by Gasteiger charge is -2.13. The molecule has 29 heavy (non-hydrogen) atoms. The molecule has 0 aliphatic heterocycles. The van der Waals surface area contributed by atoms with Crippen LogP contribution in [0.2, 0.25) is 5.02 Å². The monoisotopic (exact) mass is 472 g/mol. The standard InChI is InChI=1S/C19H14BrClN6O2/c1-10-5-3-6-12(19-23-11(2)26-29-19)16(10)24-18(28)14-9-15(20)25-27(14)17-13(21)7-4-8-22-17/h3-9H,1-2H3,(H,24,28). The quantitative estimate of drug-likeness (QED) is 0.465. The zero-order chi connectivity index (χ0) is 20.5. The fraction of sp³-hybridized carbons (Fsp3) is 0.105. The van der Waals surface area contributed by atoms with E-state index >= 15 is 0 Å². The molecule has 0 aliphatic carbocycles. The third-order valence-corrected chi connectivity index (χ3v) is 4.80. The highest BCUT2D eigenvalue weighted by Crippen LogP contribution is 2.30. The molecule has 0 bridgehead atoms. The van der Waals surface area contributed by atoms with Gasteiger partial charge in [0.1, 0.15) is 10.3 Å². The summed E-state index contributed by atoms with van der Waals surface area (Å²) in [7, 11) is 0. The third kappa shape index (κ3) is 3.79. The molecule has 8 nitrogen and oxygen atoms in total. The number of hydrogen-bond donors (Lipinski definition) is 1. The number of nitrogens with one attached hydrogen (secondary N) is 1. The Hall–Kier alpha value is -3.04. The predicted octanol–water partition coefficient (Wildman–Crippen LogP) is 4.60. The summed E-state index contributed by atoms with van der Waals surface area (Å²) in [5, 5.41) is 11.4. The van der Waals surface area contributed by atoms with Crippen molar-refractivity contribution in [2.24, 2.45) is 0 Å². The molecule has 0 spiro atoms. The second kappa shape index (κ2) is 7.76. The number of para-hydroxylation sites is 1. The molecule has 3 aromatic heterocycles. The summed E-state index contributed by atoms with van der Waals surface area (Å²) in [6.45, 7) is 3.61. The fourth-order valence-electron chi connectivity index (χ4n) is 2.80. The molecular formula is C19H14BrClN6O2. The molecule has 1 N–H and O–H groups in total. The molecule has 4 rings (SSSR count). The minimum atomic E-state index is -0.392. The van der Waals surface area contributed by atoms with Crippen LogP contribution in [-0.4, -0.2) is 30.8 Å². The number of benzene rings is 1. The number of nitrogens with zero attached hydrogens (tertiary/aromatic N) is 5. The Balaban J connectivity index is 1.75. The number of hydrogen-bond acceptors (Lipinski definition) is 6. The molecule has 1 amide bonds. The number of aromatic nitrogens is 5. The number of rotatable bonds is 4. The van der Waals surface area contributed by atoms with Crippen LogP contribution in [0.5, 0.6) is 0 Å². The number of halogens is 2. The van der Waals surface area contributed by atoms with Gasteiger partial charge in [0.15, 0.2) is 11.6 Å². The third-order valence-electron chi connectivity index (χ3n) is 4.12. The predicted molar refractivity (Wildman–Crippen MR) is 111 cm³/mol.